The maximum atomic E-state index is 11.9. The maximum Gasteiger partial charge on any atom is 0.282 e. The summed E-state index contributed by atoms with van der Waals surface area (Å²) in [5.74, 6) is -0.110. The summed E-state index contributed by atoms with van der Waals surface area (Å²) in [6.45, 7) is 0.277. The molecule has 0 aliphatic carbocycles. The van der Waals surface area contributed by atoms with Crippen LogP contribution < -0.4 is 5.32 Å². The van der Waals surface area contributed by atoms with Crippen LogP contribution in [0, 0.1) is 10.1 Å². The summed E-state index contributed by atoms with van der Waals surface area (Å²) in [5.41, 5.74) is -0.521. The lowest BCUT2D eigenvalue weighted by Crippen LogP contribution is -2.26. The molecule has 7 nitrogen and oxygen atoms in total. The number of phenolic OH excluding ortho intramolecular Hbond substituents is 1. The number of benzene rings is 1. The molecule has 20 heavy (non-hydrogen) atoms. The Kier molecular flexibility index (Phi) is 3.99. The number of furan rings is 1. The molecule has 0 aliphatic rings. The van der Waals surface area contributed by atoms with Gasteiger partial charge in [-0.2, -0.15) is 0 Å². The molecule has 104 valence electrons. The fourth-order valence-electron chi connectivity index (χ4n) is 1.71. The third-order valence-electron chi connectivity index (χ3n) is 2.66. The second-order valence-corrected chi connectivity index (χ2v) is 4.04. The first-order chi connectivity index (χ1) is 9.58. The minimum absolute atomic E-state index is 0.172. The highest BCUT2D eigenvalue weighted by atomic mass is 16.6. The Hall–Kier alpha value is -2.83. The van der Waals surface area contributed by atoms with Gasteiger partial charge in [-0.25, -0.2) is 0 Å². The van der Waals surface area contributed by atoms with Gasteiger partial charge in [-0.15, -0.1) is 0 Å². The van der Waals surface area contributed by atoms with Crippen molar-refractivity contribution in [3.05, 3.63) is 58.0 Å². The van der Waals surface area contributed by atoms with Gasteiger partial charge >= 0.3 is 0 Å². The van der Waals surface area contributed by atoms with Crippen molar-refractivity contribution in [3.63, 3.8) is 0 Å². The fourth-order valence-corrected chi connectivity index (χ4v) is 1.71. The van der Waals surface area contributed by atoms with E-state index in [1.807, 2.05) is 0 Å². The van der Waals surface area contributed by atoms with Crippen molar-refractivity contribution in [2.75, 3.05) is 6.54 Å². The second-order valence-electron chi connectivity index (χ2n) is 4.04. The smallest absolute Gasteiger partial charge is 0.282 e. The number of amides is 1. The Morgan fingerprint density at radius 3 is 2.85 bits per heavy atom. The van der Waals surface area contributed by atoms with Crippen LogP contribution in [0.25, 0.3) is 0 Å². The molecule has 2 aromatic rings. The van der Waals surface area contributed by atoms with Gasteiger partial charge in [-0.3, -0.25) is 14.9 Å². The monoisotopic (exact) mass is 276 g/mol. The molecule has 1 heterocycles. The van der Waals surface area contributed by atoms with E-state index >= 15 is 0 Å². The van der Waals surface area contributed by atoms with E-state index in [0.717, 1.165) is 18.2 Å². The van der Waals surface area contributed by atoms with Crippen molar-refractivity contribution in [2.24, 2.45) is 0 Å². The zero-order valence-electron chi connectivity index (χ0n) is 10.4. The number of rotatable bonds is 5. The van der Waals surface area contributed by atoms with Crippen LogP contribution in [0.2, 0.25) is 0 Å². The van der Waals surface area contributed by atoms with Crippen LogP contribution in [0.15, 0.2) is 41.0 Å². The molecule has 1 aromatic carbocycles. The van der Waals surface area contributed by atoms with Crippen molar-refractivity contribution in [3.8, 4) is 5.75 Å². The van der Waals surface area contributed by atoms with E-state index in [-0.39, 0.29) is 23.5 Å². The number of hydrogen-bond acceptors (Lipinski definition) is 5. The molecule has 0 atom stereocenters. The lowest BCUT2D eigenvalue weighted by atomic mass is 10.1. The molecule has 0 radical (unpaired) electrons. The molecule has 0 unspecified atom stereocenters. The Labute approximate surface area is 114 Å². The SMILES string of the molecule is O=C(NCCc1ccco1)c1cc(O)ccc1[N+](=O)[O-]. The van der Waals surface area contributed by atoms with E-state index in [9.17, 15) is 20.0 Å². The predicted octanol–water partition coefficient (Wildman–Crippen LogP) is 1.87. The number of carbonyl (C=O) groups is 1. The molecule has 2 rings (SSSR count). The third kappa shape index (κ3) is 3.14. The van der Waals surface area contributed by atoms with Gasteiger partial charge in [0.2, 0.25) is 0 Å². The molecule has 1 aromatic heterocycles. The van der Waals surface area contributed by atoms with Crippen LogP contribution in [-0.4, -0.2) is 22.5 Å². The highest BCUT2D eigenvalue weighted by Crippen LogP contribution is 2.23. The Morgan fingerprint density at radius 1 is 1.40 bits per heavy atom. The van der Waals surface area contributed by atoms with Gasteiger partial charge in [0.15, 0.2) is 0 Å². The maximum absolute atomic E-state index is 11.9. The molecular weight excluding hydrogens is 264 g/mol. The fraction of sp³-hybridized carbons (Fsp3) is 0.154. The van der Waals surface area contributed by atoms with Crippen LogP contribution >= 0.6 is 0 Å². The largest absolute Gasteiger partial charge is 0.508 e. The molecule has 0 saturated heterocycles. The molecule has 0 spiro atoms. The molecular formula is C13H12N2O5. The van der Waals surface area contributed by atoms with Crippen LogP contribution in [0.5, 0.6) is 5.75 Å². The average Bonchev–Trinajstić information content (AvgIpc) is 2.91. The van der Waals surface area contributed by atoms with Crippen molar-refractivity contribution in [2.45, 2.75) is 6.42 Å². The van der Waals surface area contributed by atoms with Gasteiger partial charge in [0.1, 0.15) is 17.1 Å². The highest BCUT2D eigenvalue weighted by Gasteiger charge is 2.20. The number of nitrogens with one attached hydrogen (secondary N) is 1. The summed E-state index contributed by atoms with van der Waals surface area (Å²) in [6, 6.07) is 6.83. The molecule has 0 bridgehead atoms. The first-order valence-electron chi connectivity index (χ1n) is 5.86. The normalized spacial score (nSPS) is 10.2. The predicted molar refractivity (Wildman–Crippen MR) is 69.5 cm³/mol. The summed E-state index contributed by atoms with van der Waals surface area (Å²) in [4.78, 5) is 22.1. The van der Waals surface area contributed by atoms with Gasteiger partial charge in [-0.05, 0) is 24.3 Å². The Morgan fingerprint density at radius 2 is 2.20 bits per heavy atom. The van der Waals surface area contributed by atoms with Crippen molar-refractivity contribution < 1.29 is 19.2 Å². The summed E-state index contributed by atoms with van der Waals surface area (Å²) in [7, 11) is 0. The zero-order valence-corrected chi connectivity index (χ0v) is 10.4. The first-order valence-corrected chi connectivity index (χ1v) is 5.86. The van der Waals surface area contributed by atoms with Gasteiger partial charge in [0.25, 0.3) is 11.6 Å². The zero-order chi connectivity index (χ0) is 14.5. The van der Waals surface area contributed by atoms with E-state index in [1.54, 1.807) is 12.1 Å². The molecule has 1 amide bonds. The van der Waals surface area contributed by atoms with E-state index in [0.29, 0.717) is 12.2 Å². The standard InChI is InChI=1S/C13H12N2O5/c16-9-3-4-12(15(18)19)11(8-9)13(17)14-6-5-10-2-1-7-20-10/h1-4,7-8,16H,5-6H2,(H,14,17). The number of carbonyl (C=O) groups excluding carboxylic acids is 1. The van der Waals surface area contributed by atoms with Crippen molar-refractivity contribution >= 4 is 11.6 Å². The second kappa shape index (κ2) is 5.87. The first kappa shape index (κ1) is 13.6. The van der Waals surface area contributed by atoms with Crippen LogP contribution in [0.1, 0.15) is 16.1 Å². The Balaban J connectivity index is 2.05. The Bertz CT molecular complexity index is 622. The highest BCUT2D eigenvalue weighted by molar-refractivity contribution is 5.98. The molecule has 0 aliphatic heterocycles. The summed E-state index contributed by atoms with van der Waals surface area (Å²) in [6.07, 6.45) is 2.00. The molecule has 0 fully saturated rings. The number of nitro benzene ring substituents is 1. The third-order valence-corrected chi connectivity index (χ3v) is 2.66. The number of aromatic hydroxyl groups is 1. The van der Waals surface area contributed by atoms with Crippen LogP contribution in [0.3, 0.4) is 0 Å². The van der Waals surface area contributed by atoms with E-state index in [1.165, 1.54) is 6.26 Å². The number of nitrogens with zero attached hydrogens (tertiary/aromatic N) is 1. The summed E-state index contributed by atoms with van der Waals surface area (Å²) >= 11 is 0. The molecule has 2 N–H and O–H groups in total. The van der Waals surface area contributed by atoms with Crippen LogP contribution in [0.4, 0.5) is 5.69 Å². The van der Waals surface area contributed by atoms with Crippen molar-refractivity contribution in [1.82, 2.24) is 5.32 Å². The van der Waals surface area contributed by atoms with Crippen LogP contribution in [-0.2, 0) is 6.42 Å². The van der Waals surface area contributed by atoms with Gasteiger partial charge < -0.3 is 14.8 Å². The molecule has 7 heteroatoms. The van der Waals surface area contributed by atoms with E-state index in [2.05, 4.69) is 5.32 Å². The average molecular weight is 276 g/mol. The minimum Gasteiger partial charge on any atom is -0.508 e. The summed E-state index contributed by atoms with van der Waals surface area (Å²) < 4.78 is 5.10. The van der Waals surface area contributed by atoms with Crippen molar-refractivity contribution in [1.29, 1.82) is 0 Å². The summed E-state index contributed by atoms with van der Waals surface area (Å²) in [5, 5.41) is 22.7. The molecule has 0 saturated carbocycles. The number of phenols is 1. The van der Waals surface area contributed by atoms with E-state index < -0.39 is 10.8 Å². The number of hydrogen-bond donors (Lipinski definition) is 2. The van der Waals surface area contributed by atoms with Gasteiger partial charge in [0, 0.05) is 19.0 Å². The topological polar surface area (TPSA) is 106 Å². The quantitative estimate of drug-likeness (QED) is 0.640. The van der Waals surface area contributed by atoms with Gasteiger partial charge in [-0.1, -0.05) is 0 Å². The lowest BCUT2D eigenvalue weighted by Gasteiger charge is -2.05. The van der Waals surface area contributed by atoms with Gasteiger partial charge in [0.05, 0.1) is 11.2 Å². The minimum atomic E-state index is -0.666. The van der Waals surface area contributed by atoms with E-state index in [4.69, 9.17) is 4.42 Å². The number of nitro groups is 1. The lowest BCUT2D eigenvalue weighted by molar-refractivity contribution is -0.385.